The van der Waals surface area contributed by atoms with Crippen molar-refractivity contribution in [2.75, 3.05) is 20.6 Å². The van der Waals surface area contributed by atoms with E-state index in [1.807, 2.05) is 18.2 Å². The highest BCUT2D eigenvalue weighted by atomic mass is 32.2. The zero-order valence-electron chi connectivity index (χ0n) is 14.4. The number of pyridine rings is 1. The molecule has 2 aromatic rings. The topological polar surface area (TPSA) is 101 Å². The molecule has 0 saturated heterocycles. The number of sulfonamides is 1. The first-order valence-electron chi connectivity index (χ1n) is 7.85. The zero-order chi connectivity index (χ0) is 18.3. The molecule has 1 heterocycles. The summed E-state index contributed by atoms with van der Waals surface area (Å²) < 4.78 is 25.2. The lowest BCUT2D eigenvalue weighted by molar-refractivity contribution is 0.520. The maximum absolute atomic E-state index is 12.0. The molecule has 8 heteroatoms. The van der Waals surface area contributed by atoms with Crippen molar-refractivity contribution in [3.05, 3.63) is 59.9 Å². The van der Waals surface area contributed by atoms with Crippen LogP contribution in [0, 0.1) is 0 Å². The van der Waals surface area contributed by atoms with Gasteiger partial charge in [-0.3, -0.25) is 4.98 Å². The van der Waals surface area contributed by atoms with Crippen molar-refractivity contribution in [2.24, 2.45) is 10.7 Å². The van der Waals surface area contributed by atoms with Crippen molar-refractivity contribution < 1.29 is 8.42 Å². The van der Waals surface area contributed by atoms with Gasteiger partial charge in [0.05, 0.1) is 11.4 Å². The number of rotatable bonds is 7. The first-order valence-corrected chi connectivity index (χ1v) is 9.29. The van der Waals surface area contributed by atoms with Crippen LogP contribution in [0.15, 0.2) is 58.5 Å². The first-order chi connectivity index (χ1) is 11.9. The Labute approximate surface area is 148 Å². The highest BCUT2D eigenvalue weighted by Crippen LogP contribution is 2.14. The van der Waals surface area contributed by atoms with Crippen LogP contribution < -0.4 is 11.1 Å². The number of aromatic nitrogens is 1. The minimum absolute atomic E-state index is 0.256. The van der Waals surface area contributed by atoms with Crippen molar-refractivity contribution >= 4 is 16.0 Å². The van der Waals surface area contributed by atoms with Crippen LogP contribution in [0.25, 0.3) is 0 Å². The lowest BCUT2D eigenvalue weighted by Crippen LogP contribution is -2.33. The van der Waals surface area contributed by atoms with Crippen molar-refractivity contribution in [3.63, 3.8) is 0 Å². The summed E-state index contributed by atoms with van der Waals surface area (Å²) in [6.45, 7) is 1.02. The van der Waals surface area contributed by atoms with E-state index in [0.717, 1.165) is 17.7 Å². The number of hydrogen-bond acceptors (Lipinski definition) is 4. The molecule has 0 aliphatic heterocycles. The van der Waals surface area contributed by atoms with Crippen LogP contribution >= 0.6 is 0 Å². The van der Waals surface area contributed by atoms with Crippen LogP contribution in [0.3, 0.4) is 0 Å². The van der Waals surface area contributed by atoms with Crippen LogP contribution in [0.5, 0.6) is 0 Å². The second kappa shape index (κ2) is 8.59. The minimum atomic E-state index is -3.41. The fourth-order valence-electron chi connectivity index (χ4n) is 2.07. The molecule has 134 valence electrons. The van der Waals surface area contributed by atoms with Crippen molar-refractivity contribution in [2.45, 2.75) is 17.9 Å². The first kappa shape index (κ1) is 18.9. The summed E-state index contributed by atoms with van der Waals surface area (Å²) >= 11 is 0. The predicted octanol–water partition coefficient (Wildman–Crippen LogP) is 0.979. The second-order valence-corrected chi connectivity index (χ2v) is 7.78. The molecule has 0 atom stereocenters. The molecule has 0 saturated carbocycles. The molecule has 0 fully saturated rings. The van der Waals surface area contributed by atoms with Gasteiger partial charge in [-0.15, -0.1) is 0 Å². The summed E-state index contributed by atoms with van der Waals surface area (Å²) in [5, 5.41) is 3.04. The molecule has 25 heavy (non-hydrogen) atoms. The van der Waals surface area contributed by atoms with E-state index in [2.05, 4.69) is 15.3 Å². The van der Waals surface area contributed by atoms with Crippen molar-refractivity contribution in [3.8, 4) is 0 Å². The molecule has 0 unspecified atom stereocenters. The van der Waals surface area contributed by atoms with Gasteiger partial charge < -0.3 is 11.1 Å². The quantitative estimate of drug-likeness (QED) is 0.565. The van der Waals surface area contributed by atoms with E-state index < -0.39 is 10.0 Å². The van der Waals surface area contributed by atoms with Gasteiger partial charge in [0.1, 0.15) is 0 Å². The molecular weight excluding hydrogens is 338 g/mol. The summed E-state index contributed by atoms with van der Waals surface area (Å²) in [5.41, 5.74) is 7.71. The number of aliphatic imine (C=N–C) groups is 1. The van der Waals surface area contributed by atoms with Gasteiger partial charge in [-0.25, -0.2) is 17.7 Å². The maximum Gasteiger partial charge on any atom is 0.242 e. The highest BCUT2D eigenvalue weighted by Gasteiger charge is 2.16. The SMILES string of the molecule is CN(C)S(=O)(=O)c1ccc(CN=C(N)NCCc2ccccn2)cc1. The van der Waals surface area contributed by atoms with Gasteiger partial charge in [-0.1, -0.05) is 18.2 Å². The van der Waals surface area contributed by atoms with E-state index in [4.69, 9.17) is 5.73 Å². The van der Waals surface area contributed by atoms with E-state index in [1.54, 1.807) is 30.5 Å². The smallest absolute Gasteiger partial charge is 0.242 e. The third-order valence-electron chi connectivity index (χ3n) is 3.55. The van der Waals surface area contributed by atoms with Crippen LogP contribution in [-0.2, 0) is 23.0 Å². The Bertz CT molecular complexity index is 803. The molecule has 0 spiro atoms. The average molecular weight is 361 g/mol. The van der Waals surface area contributed by atoms with E-state index in [0.29, 0.717) is 19.0 Å². The fraction of sp³-hybridized carbons (Fsp3) is 0.294. The Kier molecular flexibility index (Phi) is 6.49. The molecule has 2 rings (SSSR count). The van der Waals surface area contributed by atoms with E-state index in [9.17, 15) is 8.42 Å². The average Bonchev–Trinajstić information content (AvgIpc) is 2.61. The minimum Gasteiger partial charge on any atom is -0.370 e. The Hall–Kier alpha value is -2.45. The number of nitrogens with one attached hydrogen (secondary N) is 1. The molecule has 1 aromatic carbocycles. The van der Waals surface area contributed by atoms with Gasteiger partial charge in [-0.05, 0) is 29.8 Å². The third-order valence-corrected chi connectivity index (χ3v) is 5.38. The fourth-order valence-corrected chi connectivity index (χ4v) is 2.98. The number of guanidine groups is 1. The summed E-state index contributed by atoms with van der Waals surface area (Å²) in [7, 11) is -0.399. The molecular formula is C17H23N5O2S. The Morgan fingerprint density at radius 2 is 1.92 bits per heavy atom. The molecule has 3 N–H and O–H groups in total. The summed E-state index contributed by atoms with van der Waals surface area (Å²) in [4.78, 5) is 8.75. The maximum atomic E-state index is 12.0. The Morgan fingerprint density at radius 3 is 2.52 bits per heavy atom. The lowest BCUT2D eigenvalue weighted by Gasteiger charge is -2.11. The highest BCUT2D eigenvalue weighted by molar-refractivity contribution is 7.89. The molecule has 1 aromatic heterocycles. The number of hydrogen-bond donors (Lipinski definition) is 2. The molecule has 0 radical (unpaired) electrons. The van der Waals surface area contributed by atoms with Gasteiger partial charge in [0, 0.05) is 39.0 Å². The third kappa shape index (κ3) is 5.54. The van der Waals surface area contributed by atoms with Gasteiger partial charge in [0.15, 0.2) is 5.96 Å². The van der Waals surface area contributed by atoms with Crippen molar-refractivity contribution in [1.82, 2.24) is 14.6 Å². The summed E-state index contributed by atoms with van der Waals surface area (Å²) in [5.74, 6) is 0.348. The zero-order valence-corrected chi connectivity index (χ0v) is 15.2. The number of benzene rings is 1. The predicted molar refractivity (Wildman–Crippen MR) is 98.6 cm³/mol. The molecule has 0 bridgehead atoms. The van der Waals surface area contributed by atoms with E-state index in [-0.39, 0.29) is 4.90 Å². The van der Waals surface area contributed by atoms with E-state index >= 15 is 0 Å². The Balaban J connectivity index is 1.86. The number of nitrogens with two attached hydrogens (primary N) is 1. The Morgan fingerprint density at radius 1 is 1.20 bits per heavy atom. The largest absolute Gasteiger partial charge is 0.370 e. The normalized spacial score (nSPS) is 12.4. The number of nitrogens with zero attached hydrogens (tertiary/aromatic N) is 3. The molecule has 0 amide bonds. The van der Waals surface area contributed by atoms with Crippen molar-refractivity contribution in [1.29, 1.82) is 0 Å². The lowest BCUT2D eigenvalue weighted by atomic mass is 10.2. The summed E-state index contributed by atoms with van der Waals surface area (Å²) in [6, 6.07) is 12.4. The van der Waals surface area contributed by atoms with Crippen LogP contribution in [0.4, 0.5) is 0 Å². The van der Waals surface area contributed by atoms with Gasteiger partial charge in [-0.2, -0.15) is 0 Å². The molecule has 0 aliphatic carbocycles. The molecule has 0 aliphatic rings. The van der Waals surface area contributed by atoms with Gasteiger partial charge >= 0.3 is 0 Å². The summed E-state index contributed by atoms with van der Waals surface area (Å²) in [6.07, 6.45) is 2.51. The van der Waals surface area contributed by atoms with Gasteiger partial charge in [0.25, 0.3) is 0 Å². The van der Waals surface area contributed by atoms with Crippen LogP contribution in [-0.4, -0.2) is 44.3 Å². The van der Waals surface area contributed by atoms with E-state index in [1.165, 1.54) is 18.4 Å². The standard InChI is InChI=1S/C17H23N5O2S/c1-22(2)25(23,24)16-8-6-14(7-9-16)13-21-17(18)20-12-10-15-5-3-4-11-19-15/h3-9,11H,10,12-13H2,1-2H3,(H3,18,20,21). The monoisotopic (exact) mass is 361 g/mol. The van der Waals surface area contributed by atoms with Crippen LogP contribution in [0.2, 0.25) is 0 Å². The van der Waals surface area contributed by atoms with Crippen LogP contribution in [0.1, 0.15) is 11.3 Å². The van der Waals surface area contributed by atoms with Gasteiger partial charge in [0.2, 0.25) is 10.0 Å². The second-order valence-electron chi connectivity index (χ2n) is 5.63. The molecule has 7 nitrogen and oxygen atoms in total.